The first-order valence-corrected chi connectivity index (χ1v) is 4.82. The Morgan fingerprint density at radius 3 is 2.56 bits per heavy atom. The molecule has 86 valence electrons. The van der Waals surface area contributed by atoms with Crippen LogP contribution in [0, 0.1) is 13.8 Å². The lowest BCUT2D eigenvalue weighted by atomic mass is 10.0. The number of aliphatic carboxylic acids is 1. The minimum atomic E-state index is -1.14. The molecule has 0 radical (unpaired) electrons. The molecule has 0 aliphatic rings. The van der Waals surface area contributed by atoms with Crippen LogP contribution in [0.4, 0.5) is 0 Å². The Balaban J connectivity index is 3.30. The Kier molecular flexibility index (Phi) is 3.55. The fourth-order valence-electron chi connectivity index (χ4n) is 1.42. The van der Waals surface area contributed by atoms with Crippen molar-refractivity contribution in [3.63, 3.8) is 0 Å². The highest BCUT2D eigenvalue weighted by atomic mass is 16.5. The van der Waals surface area contributed by atoms with Gasteiger partial charge in [-0.15, -0.1) is 0 Å². The second kappa shape index (κ2) is 4.70. The number of carboxylic acids is 1. The number of methoxy groups -OCH3 is 1. The maximum Gasteiger partial charge on any atom is 0.351 e. The Bertz CT molecular complexity index is 450. The van der Waals surface area contributed by atoms with Gasteiger partial charge in [0.25, 0.3) is 0 Å². The molecule has 0 aromatic heterocycles. The number of carbonyl (C=O) groups is 1. The van der Waals surface area contributed by atoms with Crippen molar-refractivity contribution in [1.29, 1.82) is 0 Å². The molecule has 0 amide bonds. The Morgan fingerprint density at radius 2 is 2.06 bits per heavy atom. The van der Waals surface area contributed by atoms with E-state index in [1.54, 1.807) is 13.2 Å². The molecule has 0 saturated heterocycles. The lowest BCUT2D eigenvalue weighted by Crippen LogP contribution is -2.09. The van der Waals surface area contributed by atoms with Gasteiger partial charge in [-0.1, -0.05) is 12.1 Å². The first-order valence-electron chi connectivity index (χ1n) is 4.82. The summed E-state index contributed by atoms with van der Waals surface area (Å²) < 4.78 is 5.24. The number of carboxylic acid groups (broad SMARTS) is 1. The summed E-state index contributed by atoms with van der Waals surface area (Å²) in [5.41, 5.74) is 7.90. The Hall–Kier alpha value is -1.97. The molecule has 1 aromatic carbocycles. The molecule has 0 aliphatic heterocycles. The normalized spacial score (nSPS) is 11.3. The van der Waals surface area contributed by atoms with Crippen LogP contribution in [0.1, 0.15) is 16.7 Å². The minimum Gasteiger partial charge on any atom is -0.496 e. The van der Waals surface area contributed by atoms with Crippen LogP contribution in [-0.2, 0) is 4.79 Å². The molecule has 0 saturated carbocycles. The smallest absolute Gasteiger partial charge is 0.351 e. The lowest BCUT2D eigenvalue weighted by molar-refractivity contribution is -0.132. The van der Waals surface area contributed by atoms with Gasteiger partial charge in [0.15, 0.2) is 0 Å². The van der Waals surface area contributed by atoms with E-state index in [0.29, 0.717) is 11.3 Å². The average Bonchev–Trinajstić information content (AvgIpc) is 2.23. The number of hydrogen-bond donors (Lipinski definition) is 2. The highest BCUT2D eigenvalue weighted by molar-refractivity contribution is 5.91. The maximum atomic E-state index is 10.6. The molecule has 0 heterocycles. The van der Waals surface area contributed by atoms with Gasteiger partial charge in [0.05, 0.1) is 7.11 Å². The molecule has 16 heavy (non-hydrogen) atoms. The maximum absolute atomic E-state index is 10.6. The molecule has 0 atom stereocenters. The number of ether oxygens (including phenoxy) is 1. The van der Waals surface area contributed by atoms with Crippen molar-refractivity contribution in [1.82, 2.24) is 0 Å². The summed E-state index contributed by atoms with van der Waals surface area (Å²) in [6, 6.07) is 3.69. The predicted molar refractivity (Wildman–Crippen MR) is 62.3 cm³/mol. The second-order valence-electron chi connectivity index (χ2n) is 3.53. The van der Waals surface area contributed by atoms with Gasteiger partial charge in [0.2, 0.25) is 0 Å². The SMILES string of the molecule is COc1c(/C=C(/N)C(=O)O)ccc(C)c1C. The summed E-state index contributed by atoms with van der Waals surface area (Å²) in [6.07, 6.45) is 1.40. The van der Waals surface area contributed by atoms with E-state index in [4.69, 9.17) is 15.6 Å². The summed E-state index contributed by atoms with van der Waals surface area (Å²) >= 11 is 0. The van der Waals surface area contributed by atoms with Gasteiger partial charge >= 0.3 is 5.97 Å². The molecule has 0 aliphatic carbocycles. The Labute approximate surface area is 94.3 Å². The van der Waals surface area contributed by atoms with Gasteiger partial charge in [-0.2, -0.15) is 0 Å². The van der Waals surface area contributed by atoms with E-state index in [-0.39, 0.29) is 5.70 Å². The molecule has 0 spiro atoms. The predicted octanol–water partition coefficient (Wildman–Crippen LogP) is 1.70. The van der Waals surface area contributed by atoms with Crippen LogP contribution in [0.2, 0.25) is 0 Å². The summed E-state index contributed by atoms with van der Waals surface area (Å²) in [7, 11) is 1.55. The zero-order valence-electron chi connectivity index (χ0n) is 9.57. The number of hydrogen-bond acceptors (Lipinski definition) is 3. The van der Waals surface area contributed by atoms with Crippen LogP contribution in [0.3, 0.4) is 0 Å². The van der Waals surface area contributed by atoms with Crippen molar-refractivity contribution in [2.75, 3.05) is 7.11 Å². The van der Waals surface area contributed by atoms with Gasteiger partial charge in [0, 0.05) is 5.56 Å². The van der Waals surface area contributed by atoms with Crippen molar-refractivity contribution < 1.29 is 14.6 Å². The zero-order chi connectivity index (χ0) is 12.3. The van der Waals surface area contributed by atoms with Gasteiger partial charge in [-0.25, -0.2) is 4.79 Å². The van der Waals surface area contributed by atoms with E-state index in [1.807, 2.05) is 19.9 Å². The first kappa shape index (κ1) is 12.1. The van der Waals surface area contributed by atoms with E-state index in [9.17, 15) is 4.79 Å². The fraction of sp³-hybridized carbons (Fsp3) is 0.250. The highest BCUT2D eigenvalue weighted by Gasteiger charge is 2.09. The molecule has 4 nitrogen and oxygen atoms in total. The number of rotatable bonds is 3. The molecule has 4 heteroatoms. The second-order valence-corrected chi connectivity index (χ2v) is 3.53. The summed E-state index contributed by atoms with van der Waals surface area (Å²) in [6.45, 7) is 3.88. The molecule has 0 fully saturated rings. The standard InChI is InChI=1S/C12H15NO3/c1-7-4-5-9(6-10(13)12(14)15)11(16-3)8(7)2/h4-6H,13H2,1-3H3,(H,14,15)/b10-6+. The van der Waals surface area contributed by atoms with Crippen molar-refractivity contribution in [2.45, 2.75) is 13.8 Å². The Morgan fingerprint density at radius 1 is 1.44 bits per heavy atom. The van der Waals surface area contributed by atoms with E-state index in [0.717, 1.165) is 11.1 Å². The molecule has 3 N–H and O–H groups in total. The molecular weight excluding hydrogens is 206 g/mol. The molecule has 0 bridgehead atoms. The third kappa shape index (κ3) is 2.34. The average molecular weight is 221 g/mol. The van der Waals surface area contributed by atoms with Gasteiger partial charge in [-0.05, 0) is 31.1 Å². The van der Waals surface area contributed by atoms with Gasteiger partial charge < -0.3 is 15.6 Å². The third-order valence-corrected chi connectivity index (χ3v) is 2.47. The number of aryl methyl sites for hydroxylation is 1. The van der Waals surface area contributed by atoms with E-state index >= 15 is 0 Å². The van der Waals surface area contributed by atoms with Gasteiger partial charge in [0.1, 0.15) is 11.4 Å². The van der Waals surface area contributed by atoms with Crippen molar-refractivity contribution >= 4 is 12.0 Å². The third-order valence-electron chi connectivity index (χ3n) is 2.47. The van der Waals surface area contributed by atoms with Crippen LogP contribution in [0.15, 0.2) is 17.8 Å². The zero-order valence-corrected chi connectivity index (χ0v) is 9.57. The lowest BCUT2D eigenvalue weighted by Gasteiger charge is -2.11. The molecule has 1 aromatic rings. The summed E-state index contributed by atoms with van der Waals surface area (Å²) in [5, 5.41) is 8.70. The van der Waals surface area contributed by atoms with Crippen molar-refractivity contribution in [3.05, 3.63) is 34.5 Å². The van der Waals surface area contributed by atoms with Crippen LogP contribution in [0.5, 0.6) is 5.75 Å². The highest BCUT2D eigenvalue weighted by Crippen LogP contribution is 2.27. The van der Waals surface area contributed by atoms with Gasteiger partial charge in [-0.3, -0.25) is 0 Å². The number of benzene rings is 1. The molecular formula is C12H15NO3. The van der Waals surface area contributed by atoms with Crippen LogP contribution >= 0.6 is 0 Å². The molecule has 1 rings (SSSR count). The quantitative estimate of drug-likeness (QED) is 0.762. The van der Waals surface area contributed by atoms with Crippen LogP contribution in [-0.4, -0.2) is 18.2 Å². The van der Waals surface area contributed by atoms with E-state index < -0.39 is 5.97 Å². The van der Waals surface area contributed by atoms with E-state index in [2.05, 4.69) is 0 Å². The first-order chi connectivity index (χ1) is 7.47. The topological polar surface area (TPSA) is 72.5 Å². The molecule has 0 unspecified atom stereocenters. The summed E-state index contributed by atoms with van der Waals surface area (Å²) in [5.74, 6) is -0.482. The minimum absolute atomic E-state index is 0.207. The van der Waals surface area contributed by atoms with E-state index in [1.165, 1.54) is 6.08 Å². The fourth-order valence-corrected chi connectivity index (χ4v) is 1.42. The largest absolute Gasteiger partial charge is 0.496 e. The van der Waals surface area contributed by atoms with Crippen LogP contribution < -0.4 is 10.5 Å². The number of nitrogens with two attached hydrogens (primary N) is 1. The van der Waals surface area contributed by atoms with Crippen molar-refractivity contribution in [2.24, 2.45) is 5.73 Å². The monoisotopic (exact) mass is 221 g/mol. The van der Waals surface area contributed by atoms with Crippen LogP contribution in [0.25, 0.3) is 6.08 Å². The van der Waals surface area contributed by atoms with Crippen molar-refractivity contribution in [3.8, 4) is 5.75 Å². The summed E-state index contributed by atoms with van der Waals surface area (Å²) in [4.78, 5) is 10.6.